The van der Waals surface area contributed by atoms with Gasteiger partial charge in [0.15, 0.2) is 5.82 Å². The maximum atomic E-state index is 14.7. The van der Waals surface area contributed by atoms with Crippen molar-refractivity contribution >= 4 is 29.0 Å². The highest BCUT2D eigenvalue weighted by Crippen LogP contribution is 2.23. The van der Waals surface area contributed by atoms with E-state index in [2.05, 4.69) is 15.8 Å². The van der Waals surface area contributed by atoms with Crippen LogP contribution in [-0.2, 0) is 9.53 Å². The molecule has 3 N–H and O–H groups in total. The summed E-state index contributed by atoms with van der Waals surface area (Å²) in [5.74, 6) is -1.82. The van der Waals surface area contributed by atoms with Crippen molar-refractivity contribution in [2.24, 2.45) is 5.10 Å². The number of hydrazone groups is 1. The number of carboxylic acid groups (broad SMARTS) is 1. The van der Waals surface area contributed by atoms with Gasteiger partial charge in [0.25, 0.3) is 5.91 Å². The summed E-state index contributed by atoms with van der Waals surface area (Å²) in [5.41, 5.74) is 2.48. The Kier molecular flexibility index (Phi) is 7.55. The second-order valence-corrected chi connectivity index (χ2v) is 6.92. The molecule has 164 valence electrons. The fraction of sp³-hybridized carbons (Fsp3) is 0.318. The predicted octanol–water partition coefficient (Wildman–Crippen LogP) is 3.90. The smallest absolute Gasteiger partial charge is 0.352 e. The number of nitrogens with zero attached hydrogens (tertiary/aromatic N) is 1. The van der Waals surface area contributed by atoms with Crippen molar-refractivity contribution in [3.05, 3.63) is 53.8 Å². The van der Waals surface area contributed by atoms with Gasteiger partial charge in [-0.2, -0.15) is 5.10 Å². The number of rotatable bonds is 9. The summed E-state index contributed by atoms with van der Waals surface area (Å²) in [6, 6.07) is 10.8. The zero-order valence-corrected chi connectivity index (χ0v) is 17.1. The largest absolute Gasteiger partial charge is 0.491 e. The van der Waals surface area contributed by atoms with Crippen LogP contribution in [0.15, 0.2) is 47.6 Å². The molecule has 9 heteroatoms. The van der Waals surface area contributed by atoms with Crippen LogP contribution in [0.1, 0.15) is 36.5 Å². The first-order chi connectivity index (χ1) is 15.0. The van der Waals surface area contributed by atoms with Crippen molar-refractivity contribution in [2.75, 3.05) is 24.0 Å². The molecule has 1 heterocycles. The molecule has 3 rings (SSSR count). The van der Waals surface area contributed by atoms with Gasteiger partial charge in [-0.25, -0.2) is 9.18 Å². The molecule has 1 aliphatic rings. The van der Waals surface area contributed by atoms with Crippen molar-refractivity contribution in [3.63, 3.8) is 0 Å². The van der Waals surface area contributed by atoms with Crippen LogP contribution in [0, 0.1) is 5.82 Å². The molecule has 2 aromatic carbocycles. The Labute approximate surface area is 179 Å². The molecule has 1 amide bonds. The fourth-order valence-corrected chi connectivity index (χ4v) is 2.98. The average molecular weight is 429 g/mol. The molecule has 0 aliphatic carbocycles. The Balaban J connectivity index is 1.62. The van der Waals surface area contributed by atoms with E-state index < -0.39 is 17.7 Å². The molecule has 0 radical (unpaired) electrons. The molecular formula is C22H24FN3O5. The van der Waals surface area contributed by atoms with Crippen LogP contribution in [0.5, 0.6) is 5.75 Å². The molecule has 0 aromatic heterocycles. The number of ether oxygens (including phenoxy) is 2. The lowest BCUT2D eigenvalue weighted by molar-refractivity contribution is -0.129. The van der Waals surface area contributed by atoms with Crippen molar-refractivity contribution in [3.8, 4) is 5.75 Å². The molecule has 1 saturated heterocycles. The van der Waals surface area contributed by atoms with E-state index in [-0.39, 0.29) is 29.6 Å². The van der Waals surface area contributed by atoms with Gasteiger partial charge in [-0.3, -0.25) is 10.2 Å². The van der Waals surface area contributed by atoms with Gasteiger partial charge >= 0.3 is 5.97 Å². The number of halogens is 1. The van der Waals surface area contributed by atoms with E-state index in [9.17, 15) is 14.0 Å². The monoisotopic (exact) mass is 429 g/mol. The third-order valence-electron chi connectivity index (χ3n) is 4.72. The Morgan fingerprint density at radius 1 is 1.23 bits per heavy atom. The number of hydrogen-bond donors (Lipinski definition) is 3. The summed E-state index contributed by atoms with van der Waals surface area (Å²) in [5, 5.41) is 15.2. The first-order valence-electron chi connectivity index (χ1n) is 9.98. The molecule has 0 saturated carbocycles. The fourth-order valence-electron chi connectivity index (χ4n) is 2.98. The molecule has 8 nitrogen and oxygen atoms in total. The standard InChI is InChI=1S/C22H24FN3O5/c1-2-17(22(28)29)25-26-19-7-3-6-18(20(19)23)24-21(27)14-8-10-15(11-9-14)31-13-16-5-4-12-30-16/h3,6-11,16,26H,2,4-5,12-13H2,1H3,(H,24,27)(H,28,29)/b25-17+/t16-/m0/s1. The second-order valence-electron chi connectivity index (χ2n) is 6.92. The number of amides is 1. The third-order valence-corrected chi connectivity index (χ3v) is 4.72. The lowest BCUT2D eigenvalue weighted by Gasteiger charge is -2.12. The van der Waals surface area contributed by atoms with Gasteiger partial charge in [0.1, 0.15) is 18.1 Å². The van der Waals surface area contributed by atoms with Crippen LogP contribution in [0.3, 0.4) is 0 Å². The van der Waals surface area contributed by atoms with Gasteiger partial charge in [-0.15, -0.1) is 0 Å². The lowest BCUT2D eigenvalue weighted by Crippen LogP contribution is -2.16. The van der Waals surface area contributed by atoms with E-state index in [0.717, 1.165) is 19.4 Å². The Bertz CT molecular complexity index is 956. The molecule has 31 heavy (non-hydrogen) atoms. The quantitative estimate of drug-likeness (QED) is 0.412. The number of nitrogens with one attached hydrogen (secondary N) is 2. The van der Waals surface area contributed by atoms with Crippen molar-refractivity contribution < 1.29 is 28.6 Å². The van der Waals surface area contributed by atoms with E-state index >= 15 is 0 Å². The Morgan fingerprint density at radius 2 is 1.97 bits per heavy atom. The second kappa shape index (κ2) is 10.5. The normalized spacial score (nSPS) is 16.1. The summed E-state index contributed by atoms with van der Waals surface area (Å²) >= 11 is 0. The number of aliphatic carboxylic acids is 1. The summed E-state index contributed by atoms with van der Waals surface area (Å²) in [7, 11) is 0. The van der Waals surface area contributed by atoms with Gasteiger partial charge in [0.2, 0.25) is 0 Å². The highest BCUT2D eigenvalue weighted by Gasteiger charge is 2.16. The van der Waals surface area contributed by atoms with Crippen LogP contribution >= 0.6 is 0 Å². The van der Waals surface area contributed by atoms with Crippen LogP contribution in [0.2, 0.25) is 0 Å². The number of carbonyl (C=O) groups is 2. The van der Waals surface area contributed by atoms with Crippen molar-refractivity contribution in [1.29, 1.82) is 0 Å². The summed E-state index contributed by atoms with van der Waals surface area (Å²) in [6.07, 6.45) is 2.28. The minimum absolute atomic E-state index is 0.0529. The lowest BCUT2D eigenvalue weighted by atomic mass is 10.2. The van der Waals surface area contributed by atoms with Gasteiger partial charge in [0, 0.05) is 12.2 Å². The van der Waals surface area contributed by atoms with E-state index in [1.807, 2.05) is 0 Å². The number of hydrogen-bond acceptors (Lipinski definition) is 6. The molecule has 1 atom stereocenters. The predicted molar refractivity (Wildman–Crippen MR) is 114 cm³/mol. The highest BCUT2D eigenvalue weighted by atomic mass is 19.1. The van der Waals surface area contributed by atoms with Crippen LogP contribution in [0.25, 0.3) is 0 Å². The average Bonchev–Trinajstić information content (AvgIpc) is 3.29. The number of carboxylic acids is 1. The maximum Gasteiger partial charge on any atom is 0.352 e. The maximum absolute atomic E-state index is 14.7. The summed E-state index contributed by atoms with van der Waals surface area (Å²) < 4.78 is 25.9. The first-order valence-corrected chi connectivity index (χ1v) is 9.98. The molecular weight excluding hydrogens is 405 g/mol. The van der Waals surface area contributed by atoms with Gasteiger partial charge in [0.05, 0.1) is 17.5 Å². The molecule has 1 fully saturated rings. The first kappa shape index (κ1) is 22.2. The molecule has 1 aliphatic heterocycles. The topological polar surface area (TPSA) is 109 Å². The van der Waals surface area contributed by atoms with E-state index in [4.69, 9.17) is 14.6 Å². The zero-order valence-electron chi connectivity index (χ0n) is 17.1. The number of anilines is 2. The number of benzene rings is 2. The van der Waals surface area contributed by atoms with E-state index in [0.29, 0.717) is 17.9 Å². The minimum Gasteiger partial charge on any atom is -0.491 e. The number of carbonyl (C=O) groups excluding carboxylic acids is 1. The van der Waals surface area contributed by atoms with Crippen LogP contribution in [-0.4, -0.2) is 42.0 Å². The van der Waals surface area contributed by atoms with E-state index in [1.165, 1.54) is 18.2 Å². The summed E-state index contributed by atoms with van der Waals surface area (Å²) in [4.78, 5) is 23.5. The highest BCUT2D eigenvalue weighted by molar-refractivity contribution is 6.35. The van der Waals surface area contributed by atoms with Crippen molar-refractivity contribution in [1.82, 2.24) is 0 Å². The SMILES string of the molecule is CC/C(=N\Nc1cccc(NC(=O)c2ccc(OC[C@@H]3CCCO3)cc2)c1F)C(=O)O. The van der Waals surface area contributed by atoms with Gasteiger partial charge in [-0.1, -0.05) is 13.0 Å². The summed E-state index contributed by atoms with van der Waals surface area (Å²) in [6.45, 7) is 2.84. The van der Waals surface area contributed by atoms with E-state index in [1.54, 1.807) is 31.2 Å². The third kappa shape index (κ3) is 6.02. The minimum atomic E-state index is -1.19. The molecule has 0 unspecified atom stereocenters. The van der Waals surface area contributed by atoms with Gasteiger partial charge in [-0.05, 0) is 55.7 Å². The van der Waals surface area contributed by atoms with Gasteiger partial charge < -0.3 is 19.9 Å². The Hall–Kier alpha value is -3.46. The van der Waals surface area contributed by atoms with Crippen molar-refractivity contribution in [2.45, 2.75) is 32.3 Å². The molecule has 0 spiro atoms. The van der Waals surface area contributed by atoms with Crippen LogP contribution in [0.4, 0.5) is 15.8 Å². The molecule has 2 aromatic rings. The Morgan fingerprint density at radius 3 is 2.61 bits per heavy atom. The molecule has 0 bridgehead atoms. The zero-order chi connectivity index (χ0) is 22.2. The van der Waals surface area contributed by atoms with Crippen LogP contribution < -0.4 is 15.5 Å².